The molecule has 0 fully saturated rings. The molecular weight excluding hydrogens is 478 g/mol. The van der Waals surface area contributed by atoms with E-state index in [1.807, 2.05) is 24.3 Å². The van der Waals surface area contributed by atoms with E-state index in [4.69, 9.17) is 4.74 Å². The fourth-order valence-corrected chi connectivity index (χ4v) is 4.40. The SMILES string of the molecule is C=C(C)C(=O)Oc1ccc(N(c2ccc(-c3ccc(C)cc3)cc2)c2ccc(-c3ccc(C)cc3)cc2)cc1. The van der Waals surface area contributed by atoms with Gasteiger partial charge < -0.3 is 9.64 Å². The maximum atomic E-state index is 12.0. The van der Waals surface area contributed by atoms with Crippen molar-refractivity contribution in [1.29, 1.82) is 0 Å². The van der Waals surface area contributed by atoms with Gasteiger partial charge in [0.15, 0.2) is 0 Å². The number of anilines is 3. The largest absolute Gasteiger partial charge is 0.423 e. The molecule has 0 spiro atoms. The number of ether oxygens (including phenoxy) is 1. The number of benzene rings is 5. The summed E-state index contributed by atoms with van der Waals surface area (Å²) in [6.07, 6.45) is 0. The molecule has 0 N–H and O–H groups in total. The molecule has 5 aromatic carbocycles. The summed E-state index contributed by atoms with van der Waals surface area (Å²) in [5.74, 6) is 0.0501. The van der Waals surface area contributed by atoms with Gasteiger partial charge in [-0.2, -0.15) is 0 Å². The van der Waals surface area contributed by atoms with Crippen LogP contribution in [-0.2, 0) is 4.79 Å². The van der Waals surface area contributed by atoms with Crippen LogP contribution in [0.4, 0.5) is 17.1 Å². The maximum Gasteiger partial charge on any atom is 0.338 e. The smallest absolute Gasteiger partial charge is 0.338 e. The normalized spacial score (nSPS) is 10.6. The Morgan fingerprint density at radius 2 is 0.846 bits per heavy atom. The Bertz CT molecular complexity index is 1490. The maximum absolute atomic E-state index is 12.0. The van der Waals surface area contributed by atoms with Crippen molar-refractivity contribution in [3.05, 3.63) is 145 Å². The Morgan fingerprint density at radius 3 is 1.18 bits per heavy atom. The lowest BCUT2D eigenvalue weighted by atomic mass is 10.0. The van der Waals surface area contributed by atoms with Gasteiger partial charge in [0.25, 0.3) is 0 Å². The Morgan fingerprint density at radius 1 is 0.538 bits per heavy atom. The standard InChI is InChI=1S/C36H31NO2/c1-25(2)36(38)39-35-23-21-34(22-24-35)37(32-17-13-30(14-18-32)28-9-5-26(3)6-10-28)33-19-15-31(16-20-33)29-11-7-27(4)8-12-29/h5-24H,1H2,2-4H3. The molecule has 0 aliphatic rings. The van der Waals surface area contributed by atoms with Crippen molar-refractivity contribution in [3.63, 3.8) is 0 Å². The fraction of sp³-hybridized carbons (Fsp3) is 0.0833. The van der Waals surface area contributed by atoms with Crippen molar-refractivity contribution in [2.45, 2.75) is 20.8 Å². The predicted molar refractivity (Wildman–Crippen MR) is 162 cm³/mol. The molecule has 5 rings (SSSR count). The van der Waals surface area contributed by atoms with Gasteiger partial charge in [0.1, 0.15) is 5.75 Å². The van der Waals surface area contributed by atoms with Crippen molar-refractivity contribution in [3.8, 4) is 28.0 Å². The van der Waals surface area contributed by atoms with E-state index in [0.717, 1.165) is 28.2 Å². The minimum atomic E-state index is -0.432. The topological polar surface area (TPSA) is 29.5 Å². The third-order valence-corrected chi connectivity index (χ3v) is 6.67. The van der Waals surface area contributed by atoms with Crippen molar-refractivity contribution >= 4 is 23.0 Å². The molecule has 0 heterocycles. The van der Waals surface area contributed by atoms with Crippen LogP contribution in [0.2, 0.25) is 0 Å². The molecule has 0 amide bonds. The van der Waals surface area contributed by atoms with Gasteiger partial charge in [-0.3, -0.25) is 0 Å². The van der Waals surface area contributed by atoms with E-state index in [1.165, 1.54) is 22.3 Å². The summed E-state index contributed by atoms with van der Waals surface area (Å²) in [4.78, 5) is 14.2. The average molecular weight is 510 g/mol. The molecule has 39 heavy (non-hydrogen) atoms. The highest BCUT2D eigenvalue weighted by Crippen LogP contribution is 2.37. The first kappa shape index (κ1) is 25.7. The molecule has 0 unspecified atom stereocenters. The molecule has 0 saturated heterocycles. The van der Waals surface area contributed by atoms with Crippen molar-refractivity contribution in [2.75, 3.05) is 4.90 Å². The molecule has 3 nitrogen and oxygen atoms in total. The molecule has 5 aromatic rings. The van der Waals surface area contributed by atoms with Gasteiger partial charge in [-0.25, -0.2) is 4.79 Å². The molecule has 0 saturated carbocycles. The Hall–Kier alpha value is -4.89. The van der Waals surface area contributed by atoms with E-state index >= 15 is 0 Å². The van der Waals surface area contributed by atoms with E-state index in [-0.39, 0.29) is 0 Å². The fourth-order valence-electron chi connectivity index (χ4n) is 4.40. The molecule has 0 aromatic heterocycles. The molecule has 192 valence electrons. The number of nitrogens with zero attached hydrogens (tertiary/aromatic N) is 1. The van der Waals surface area contributed by atoms with Gasteiger partial charge in [-0.1, -0.05) is 90.5 Å². The molecule has 0 aliphatic carbocycles. The van der Waals surface area contributed by atoms with Crippen LogP contribution in [-0.4, -0.2) is 5.97 Å². The van der Waals surface area contributed by atoms with E-state index < -0.39 is 5.97 Å². The van der Waals surface area contributed by atoms with E-state index in [1.54, 1.807) is 6.92 Å². The van der Waals surface area contributed by atoms with Crippen LogP contribution in [0.15, 0.2) is 133 Å². The zero-order valence-corrected chi connectivity index (χ0v) is 22.5. The number of carbonyl (C=O) groups excluding carboxylic acids is 1. The second kappa shape index (κ2) is 11.2. The van der Waals surface area contributed by atoms with Crippen LogP contribution in [0.1, 0.15) is 18.1 Å². The van der Waals surface area contributed by atoms with Crippen molar-refractivity contribution in [1.82, 2.24) is 0 Å². The lowest BCUT2D eigenvalue weighted by Crippen LogP contribution is -2.11. The third kappa shape index (κ3) is 6.00. The second-order valence-corrected chi connectivity index (χ2v) is 9.82. The van der Waals surface area contributed by atoms with Crippen molar-refractivity contribution in [2.24, 2.45) is 0 Å². The Labute approximate surface area is 230 Å². The summed E-state index contributed by atoms with van der Waals surface area (Å²) in [5.41, 5.74) is 10.6. The van der Waals surface area contributed by atoms with Crippen LogP contribution < -0.4 is 9.64 Å². The zero-order chi connectivity index (χ0) is 27.4. The first-order valence-corrected chi connectivity index (χ1v) is 13.0. The monoisotopic (exact) mass is 509 g/mol. The number of esters is 1. The second-order valence-electron chi connectivity index (χ2n) is 9.82. The van der Waals surface area contributed by atoms with Gasteiger partial charge >= 0.3 is 5.97 Å². The molecule has 0 atom stereocenters. The summed E-state index contributed by atoms with van der Waals surface area (Å²) < 4.78 is 5.41. The van der Waals surface area contributed by atoms with E-state index in [2.05, 4.69) is 122 Å². The summed E-state index contributed by atoms with van der Waals surface area (Å²) in [6.45, 7) is 9.49. The molecule has 0 radical (unpaired) electrons. The molecule has 0 aliphatic heterocycles. The van der Waals surface area contributed by atoms with E-state index in [9.17, 15) is 4.79 Å². The van der Waals surface area contributed by atoms with Crippen LogP contribution >= 0.6 is 0 Å². The van der Waals surface area contributed by atoms with Gasteiger partial charge in [0, 0.05) is 22.6 Å². The Balaban J connectivity index is 1.50. The lowest BCUT2D eigenvalue weighted by Gasteiger charge is -2.26. The van der Waals surface area contributed by atoms with Crippen LogP contribution in [0.25, 0.3) is 22.3 Å². The summed E-state index contributed by atoms with van der Waals surface area (Å²) in [6, 6.07) is 41.8. The third-order valence-electron chi connectivity index (χ3n) is 6.67. The summed E-state index contributed by atoms with van der Waals surface area (Å²) in [5, 5.41) is 0. The molecule has 0 bridgehead atoms. The van der Waals surface area contributed by atoms with Crippen molar-refractivity contribution < 1.29 is 9.53 Å². The zero-order valence-electron chi connectivity index (χ0n) is 22.5. The van der Waals surface area contributed by atoms with Gasteiger partial charge in [-0.05, 0) is 91.6 Å². The number of hydrogen-bond acceptors (Lipinski definition) is 3. The van der Waals surface area contributed by atoms with Crippen LogP contribution in [0, 0.1) is 13.8 Å². The number of rotatable bonds is 7. The summed E-state index contributed by atoms with van der Waals surface area (Å²) in [7, 11) is 0. The highest BCUT2D eigenvalue weighted by atomic mass is 16.5. The molecular formula is C36H31NO2. The molecule has 3 heteroatoms. The first-order valence-electron chi connectivity index (χ1n) is 13.0. The van der Waals surface area contributed by atoms with E-state index in [0.29, 0.717) is 11.3 Å². The number of carbonyl (C=O) groups is 1. The first-order chi connectivity index (χ1) is 18.9. The number of aryl methyl sites for hydroxylation is 2. The highest BCUT2D eigenvalue weighted by molar-refractivity contribution is 5.89. The predicted octanol–water partition coefficient (Wildman–Crippen LogP) is 9.59. The quantitative estimate of drug-likeness (QED) is 0.124. The lowest BCUT2D eigenvalue weighted by molar-refractivity contribution is -0.130. The summed E-state index contributed by atoms with van der Waals surface area (Å²) >= 11 is 0. The highest BCUT2D eigenvalue weighted by Gasteiger charge is 2.14. The van der Waals surface area contributed by atoms with Crippen LogP contribution in [0.5, 0.6) is 5.75 Å². The average Bonchev–Trinajstić information content (AvgIpc) is 2.96. The number of hydrogen-bond donors (Lipinski definition) is 0. The van der Waals surface area contributed by atoms with Gasteiger partial charge in [0.2, 0.25) is 0 Å². The van der Waals surface area contributed by atoms with Gasteiger partial charge in [-0.15, -0.1) is 0 Å². The minimum Gasteiger partial charge on any atom is -0.423 e. The van der Waals surface area contributed by atoms with Crippen LogP contribution in [0.3, 0.4) is 0 Å². The van der Waals surface area contributed by atoms with Gasteiger partial charge in [0.05, 0.1) is 0 Å². The Kier molecular flexibility index (Phi) is 7.42. The minimum absolute atomic E-state index is 0.364.